The number of rotatable bonds is 5. The highest BCUT2D eigenvalue weighted by Crippen LogP contribution is 2.33. The van der Waals surface area contributed by atoms with E-state index in [-0.39, 0.29) is 12.6 Å². The standard InChI is InChI=1S/C11H17NO3S2/c1-7-5-11(16-10(7)6-13)17(14,15)12-8(2)9-3-4-9/h5,8-9,12-13H,3-4,6H2,1-2H3. The Morgan fingerprint density at radius 2 is 2.24 bits per heavy atom. The number of aliphatic hydroxyl groups is 1. The molecule has 2 rings (SSSR count). The second kappa shape index (κ2) is 4.68. The van der Waals surface area contributed by atoms with Gasteiger partial charge in [-0.3, -0.25) is 0 Å². The van der Waals surface area contributed by atoms with Crippen LogP contribution in [0.1, 0.15) is 30.2 Å². The Balaban J connectivity index is 2.18. The van der Waals surface area contributed by atoms with Crippen LogP contribution in [0.3, 0.4) is 0 Å². The summed E-state index contributed by atoms with van der Waals surface area (Å²) in [6, 6.07) is 1.62. The Labute approximate surface area is 106 Å². The first-order valence-electron chi connectivity index (χ1n) is 5.66. The van der Waals surface area contributed by atoms with Crippen molar-refractivity contribution in [3.8, 4) is 0 Å². The Kier molecular flexibility index (Phi) is 3.58. The third-order valence-electron chi connectivity index (χ3n) is 3.08. The van der Waals surface area contributed by atoms with E-state index in [9.17, 15) is 8.42 Å². The highest BCUT2D eigenvalue weighted by Gasteiger charge is 2.31. The van der Waals surface area contributed by atoms with E-state index >= 15 is 0 Å². The largest absolute Gasteiger partial charge is 0.391 e. The molecule has 96 valence electrons. The van der Waals surface area contributed by atoms with Crippen molar-refractivity contribution in [2.75, 3.05) is 0 Å². The van der Waals surface area contributed by atoms with E-state index in [1.54, 1.807) is 6.07 Å². The Hall–Kier alpha value is -0.430. The molecule has 1 saturated carbocycles. The summed E-state index contributed by atoms with van der Waals surface area (Å²) in [6.07, 6.45) is 2.21. The van der Waals surface area contributed by atoms with Crippen LogP contribution in [0.2, 0.25) is 0 Å². The smallest absolute Gasteiger partial charge is 0.250 e. The molecule has 1 aliphatic rings. The molecule has 1 fully saturated rings. The van der Waals surface area contributed by atoms with Gasteiger partial charge in [0.2, 0.25) is 10.0 Å². The van der Waals surface area contributed by atoms with E-state index < -0.39 is 10.0 Å². The van der Waals surface area contributed by atoms with Gasteiger partial charge >= 0.3 is 0 Å². The monoisotopic (exact) mass is 275 g/mol. The molecule has 1 atom stereocenters. The van der Waals surface area contributed by atoms with Gasteiger partial charge in [0.25, 0.3) is 0 Å². The maximum Gasteiger partial charge on any atom is 0.250 e. The van der Waals surface area contributed by atoms with Crippen molar-refractivity contribution in [2.24, 2.45) is 5.92 Å². The van der Waals surface area contributed by atoms with Crippen LogP contribution in [0.15, 0.2) is 10.3 Å². The SMILES string of the molecule is Cc1cc(S(=O)(=O)NC(C)C2CC2)sc1CO. The van der Waals surface area contributed by atoms with Crippen LogP contribution in [-0.2, 0) is 16.6 Å². The number of hydrogen-bond donors (Lipinski definition) is 2. The minimum absolute atomic E-state index is 0.0000161. The molecule has 0 aliphatic heterocycles. The molecule has 1 aromatic heterocycles. The molecule has 0 bridgehead atoms. The van der Waals surface area contributed by atoms with Crippen LogP contribution < -0.4 is 4.72 Å². The van der Waals surface area contributed by atoms with Gasteiger partial charge in [-0.2, -0.15) is 0 Å². The van der Waals surface area contributed by atoms with Gasteiger partial charge in [0.1, 0.15) is 4.21 Å². The first-order chi connectivity index (χ1) is 7.94. The first kappa shape index (κ1) is 13.0. The second-order valence-corrected chi connectivity index (χ2v) is 7.65. The summed E-state index contributed by atoms with van der Waals surface area (Å²) in [6.45, 7) is 3.61. The summed E-state index contributed by atoms with van der Waals surface area (Å²) in [7, 11) is -3.42. The molecule has 1 heterocycles. The van der Waals surface area contributed by atoms with E-state index in [0.29, 0.717) is 15.0 Å². The number of aryl methyl sites for hydroxylation is 1. The van der Waals surface area contributed by atoms with Crippen molar-refractivity contribution in [2.45, 2.75) is 43.5 Å². The first-order valence-corrected chi connectivity index (χ1v) is 7.96. The van der Waals surface area contributed by atoms with Crippen molar-refractivity contribution in [3.63, 3.8) is 0 Å². The van der Waals surface area contributed by atoms with Crippen molar-refractivity contribution in [3.05, 3.63) is 16.5 Å². The fourth-order valence-corrected chi connectivity index (χ4v) is 4.55. The molecule has 0 radical (unpaired) electrons. The van der Waals surface area contributed by atoms with Gasteiger partial charge in [0.15, 0.2) is 0 Å². The number of nitrogens with one attached hydrogen (secondary N) is 1. The number of hydrogen-bond acceptors (Lipinski definition) is 4. The fraction of sp³-hybridized carbons (Fsp3) is 0.636. The molecule has 1 unspecified atom stereocenters. The van der Waals surface area contributed by atoms with Gasteiger partial charge < -0.3 is 5.11 Å². The predicted molar refractivity (Wildman–Crippen MR) is 67.5 cm³/mol. The molecule has 1 aliphatic carbocycles. The van der Waals surface area contributed by atoms with E-state index in [4.69, 9.17) is 5.11 Å². The molecule has 2 N–H and O–H groups in total. The number of thiophene rings is 1. The topological polar surface area (TPSA) is 66.4 Å². The van der Waals surface area contributed by atoms with Gasteiger partial charge in [0.05, 0.1) is 6.61 Å². The summed E-state index contributed by atoms with van der Waals surface area (Å²) in [4.78, 5) is 0.712. The molecule has 1 aromatic rings. The van der Waals surface area contributed by atoms with Gasteiger partial charge in [-0.05, 0) is 44.2 Å². The summed E-state index contributed by atoms with van der Waals surface area (Å²) in [5.74, 6) is 0.489. The molecule has 4 nitrogen and oxygen atoms in total. The lowest BCUT2D eigenvalue weighted by Gasteiger charge is -2.11. The zero-order valence-corrected chi connectivity index (χ0v) is 11.6. The van der Waals surface area contributed by atoms with Gasteiger partial charge in [-0.15, -0.1) is 11.3 Å². The summed E-state index contributed by atoms with van der Waals surface area (Å²) in [5.41, 5.74) is 0.831. The molecule has 6 heteroatoms. The van der Waals surface area contributed by atoms with Crippen LogP contribution in [0.25, 0.3) is 0 Å². The van der Waals surface area contributed by atoms with Crippen LogP contribution >= 0.6 is 11.3 Å². The van der Waals surface area contributed by atoms with Crippen LogP contribution in [0, 0.1) is 12.8 Å². The fourth-order valence-electron chi connectivity index (χ4n) is 1.77. The molecule has 17 heavy (non-hydrogen) atoms. The van der Waals surface area contributed by atoms with Crippen LogP contribution in [0.4, 0.5) is 0 Å². The Morgan fingerprint density at radius 1 is 1.59 bits per heavy atom. The lowest BCUT2D eigenvalue weighted by Crippen LogP contribution is -2.33. The quantitative estimate of drug-likeness (QED) is 0.858. The second-order valence-electron chi connectivity index (χ2n) is 4.58. The van der Waals surface area contributed by atoms with Gasteiger partial charge in [0, 0.05) is 10.9 Å². The average molecular weight is 275 g/mol. The Bertz CT molecular complexity index is 503. The number of aliphatic hydroxyl groups excluding tert-OH is 1. The minimum Gasteiger partial charge on any atom is -0.391 e. The summed E-state index contributed by atoms with van der Waals surface area (Å²) < 4.78 is 27.1. The van der Waals surface area contributed by atoms with Crippen LogP contribution in [-0.4, -0.2) is 19.6 Å². The van der Waals surface area contributed by atoms with Crippen molar-refractivity contribution >= 4 is 21.4 Å². The average Bonchev–Trinajstić information content (AvgIpc) is 3.01. The maximum absolute atomic E-state index is 12.1. The van der Waals surface area contributed by atoms with E-state index in [1.807, 2.05) is 13.8 Å². The molecule has 0 saturated heterocycles. The van der Waals surface area contributed by atoms with Crippen molar-refractivity contribution in [1.82, 2.24) is 4.72 Å². The van der Waals surface area contributed by atoms with Crippen molar-refractivity contribution in [1.29, 1.82) is 0 Å². The maximum atomic E-state index is 12.1. The molecular weight excluding hydrogens is 258 g/mol. The van der Waals surface area contributed by atoms with Gasteiger partial charge in [-0.1, -0.05) is 0 Å². The summed E-state index contributed by atoms with van der Waals surface area (Å²) >= 11 is 1.14. The molecule has 0 aromatic carbocycles. The van der Waals surface area contributed by atoms with E-state index in [1.165, 1.54) is 0 Å². The lowest BCUT2D eigenvalue weighted by atomic mass is 10.2. The molecule has 0 spiro atoms. The minimum atomic E-state index is -3.42. The summed E-state index contributed by atoms with van der Waals surface area (Å²) in [5, 5.41) is 9.07. The zero-order chi connectivity index (χ0) is 12.6. The zero-order valence-electron chi connectivity index (χ0n) is 9.93. The number of sulfonamides is 1. The highest BCUT2D eigenvalue weighted by molar-refractivity contribution is 7.91. The van der Waals surface area contributed by atoms with Crippen LogP contribution in [0.5, 0.6) is 0 Å². The highest BCUT2D eigenvalue weighted by atomic mass is 32.2. The van der Waals surface area contributed by atoms with E-state index in [0.717, 1.165) is 29.7 Å². The van der Waals surface area contributed by atoms with Gasteiger partial charge in [-0.25, -0.2) is 13.1 Å². The third kappa shape index (κ3) is 2.88. The lowest BCUT2D eigenvalue weighted by molar-refractivity contribution is 0.285. The van der Waals surface area contributed by atoms with E-state index in [2.05, 4.69) is 4.72 Å². The normalized spacial score (nSPS) is 18.3. The third-order valence-corrected chi connectivity index (χ3v) is 6.33. The molecule has 0 amide bonds. The molecular formula is C11H17NO3S2. The van der Waals surface area contributed by atoms with Crippen molar-refractivity contribution < 1.29 is 13.5 Å². The predicted octanol–water partition coefficient (Wildman–Crippen LogP) is 1.63. The Morgan fingerprint density at radius 3 is 2.71 bits per heavy atom.